The zero-order chi connectivity index (χ0) is 14.7. The van der Waals surface area contributed by atoms with Crippen molar-refractivity contribution in [2.24, 2.45) is 0 Å². The van der Waals surface area contributed by atoms with Crippen molar-refractivity contribution in [3.8, 4) is 0 Å². The minimum Gasteiger partial charge on any atom is -0.394 e. The first-order chi connectivity index (χ1) is 9.58. The van der Waals surface area contributed by atoms with Gasteiger partial charge in [0.15, 0.2) is 12.4 Å². The third kappa shape index (κ3) is 2.69. The molecule has 8 nitrogen and oxygen atoms in total. The van der Waals surface area contributed by atoms with Crippen LogP contribution in [0.25, 0.3) is 0 Å². The highest BCUT2D eigenvalue weighted by Gasteiger charge is 2.47. The van der Waals surface area contributed by atoms with E-state index in [4.69, 9.17) is 20.3 Å². The number of alkyl halides is 1. The van der Waals surface area contributed by atoms with Crippen LogP contribution in [0.2, 0.25) is 0 Å². The number of aliphatic hydroxyl groups excluding tert-OH is 1. The second-order valence-corrected chi connectivity index (χ2v) is 4.20. The zero-order valence-corrected chi connectivity index (χ0v) is 10.4. The molecule has 2 rings (SSSR count). The summed E-state index contributed by atoms with van der Waals surface area (Å²) in [6.07, 6.45) is -3.41. The highest BCUT2D eigenvalue weighted by Crippen LogP contribution is 2.32. The van der Waals surface area contributed by atoms with Crippen LogP contribution in [0.4, 0.5) is 10.2 Å². The van der Waals surface area contributed by atoms with Crippen molar-refractivity contribution in [3.63, 3.8) is 0 Å². The number of rotatable bonds is 5. The summed E-state index contributed by atoms with van der Waals surface area (Å²) < 4.78 is 25.5. The Balaban J connectivity index is 2.25. The summed E-state index contributed by atoms with van der Waals surface area (Å²) in [4.78, 5) is 25.4. The Labute approximate surface area is 112 Å². The number of ether oxygens (including phenoxy) is 2. The van der Waals surface area contributed by atoms with Crippen molar-refractivity contribution in [2.75, 3.05) is 18.9 Å². The average molecular weight is 287 g/mol. The van der Waals surface area contributed by atoms with Crippen LogP contribution in [0, 0.1) is 0 Å². The molecule has 0 aromatic carbocycles. The van der Waals surface area contributed by atoms with Crippen molar-refractivity contribution >= 4 is 12.1 Å². The van der Waals surface area contributed by atoms with E-state index in [1.54, 1.807) is 0 Å². The number of hydrogen-bond donors (Lipinski definition) is 2. The lowest BCUT2D eigenvalue weighted by molar-refractivity contribution is -0.116. The van der Waals surface area contributed by atoms with E-state index in [0.29, 0.717) is 6.29 Å². The number of aromatic nitrogens is 2. The van der Waals surface area contributed by atoms with E-state index in [1.807, 2.05) is 0 Å². The molecule has 1 aliphatic rings. The van der Waals surface area contributed by atoms with Crippen molar-refractivity contribution in [2.45, 2.75) is 24.6 Å². The molecule has 110 valence electrons. The van der Waals surface area contributed by atoms with Crippen LogP contribution >= 0.6 is 0 Å². The number of anilines is 1. The van der Waals surface area contributed by atoms with E-state index in [2.05, 4.69) is 4.98 Å². The number of carbonyl (C=O) groups is 1. The normalized spacial score (nSPS) is 29.5. The maximum atomic E-state index is 14.3. The first-order valence-electron chi connectivity index (χ1n) is 5.88. The summed E-state index contributed by atoms with van der Waals surface area (Å²) in [7, 11) is 0. The summed E-state index contributed by atoms with van der Waals surface area (Å²) in [6, 6.07) is 1.32. The molecule has 9 heteroatoms. The van der Waals surface area contributed by atoms with Crippen molar-refractivity contribution in [1.29, 1.82) is 0 Å². The highest BCUT2D eigenvalue weighted by atomic mass is 19.1. The molecule has 1 fully saturated rings. The lowest BCUT2D eigenvalue weighted by Crippen LogP contribution is -2.35. The molecule has 1 aromatic rings. The number of halogens is 1. The van der Waals surface area contributed by atoms with Crippen LogP contribution in [0.5, 0.6) is 0 Å². The minimum atomic E-state index is -1.73. The predicted octanol–water partition coefficient (Wildman–Crippen LogP) is -1.36. The number of nitrogens with two attached hydrogens (primary N) is 1. The number of nitrogens with zero attached hydrogens (tertiary/aromatic N) is 2. The van der Waals surface area contributed by atoms with Gasteiger partial charge in [-0.3, -0.25) is 4.57 Å². The number of hydrogen-bond acceptors (Lipinski definition) is 7. The molecule has 1 aromatic heterocycles. The van der Waals surface area contributed by atoms with Gasteiger partial charge >= 0.3 is 5.69 Å². The molecule has 0 amide bonds. The fraction of sp³-hybridized carbons (Fsp3) is 0.545. The third-order valence-electron chi connectivity index (χ3n) is 2.93. The molecule has 1 saturated heterocycles. The number of nitrogen functional groups attached to an aromatic ring is 1. The number of aldehydes is 1. The van der Waals surface area contributed by atoms with Crippen LogP contribution in [0.1, 0.15) is 6.23 Å². The van der Waals surface area contributed by atoms with Gasteiger partial charge in [-0.05, 0) is 6.07 Å². The van der Waals surface area contributed by atoms with Gasteiger partial charge < -0.3 is 25.1 Å². The molecule has 4 unspecified atom stereocenters. The molecule has 0 saturated carbocycles. The molecule has 1 aliphatic heterocycles. The maximum Gasteiger partial charge on any atom is 0.351 e. The van der Waals surface area contributed by atoms with E-state index >= 15 is 0 Å². The molecule has 4 atom stereocenters. The van der Waals surface area contributed by atoms with Gasteiger partial charge in [-0.15, -0.1) is 0 Å². The van der Waals surface area contributed by atoms with E-state index in [0.717, 1.165) is 4.57 Å². The lowest BCUT2D eigenvalue weighted by Gasteiger charge is -2.17. The Morgan fingerprint density at radius 3 is 3.00 bits per heavy atom. The van der Waals surface area contributed by atoms with Gasteiger partial charge in [0.2, 0.25) is 0 Å². The minimum absolute atomic E-state index is 0.00659. The smallest absolute Gasteiger partial charge is 0.351 e. The van der Waals surface area contributed by atoms with Crippen LogP contribution in [0.3, 0.4) is 0 Å². The fourth-order valence-electron chi connectivity index (χ4n) is 2.03. The first-order valence-corrected chi connectivity index (χ1v) is 5.88. The lowest BCUT2D eigenvalue weighted by atomic mass is 10.1. The van der Waals surface area contributed by atoms with Gasteiger partial charge in [0.1, 0.15) is 30.9 Å². The Kier molecular flexibility index (Phi) is 4.42. The molecule has 0 bridgehead atoms. The topological polar surface area (TPSA) is 117 Å². The Morgan fingerprint density at radius 2 is 2.40 bits per heavy atom. The van der Waals surface area contributed by atoms with Crippen LogP contribution in [-0.4, -0.2) is 52.5 Å². The van der Waals surface area contributed by atoms with E-state index < -0.39 is 36.9 Å². The molecular formula is C11H14FN3O5. The van der Waals surface area contributed by atoms with E-state index in [9.17, 15) is 14.0 Å². The monoisotopic (exact) mass is 287 g/mol. The summed E-state index contributed by atoms with van der Waals surface area (Å²) in [5.41, 5.74) is 4.57. The predicted molar refractivity (Wildman–Crippen MR) is 64.6 cm³/mol. The molecule has 3 N–H and O–H groups in total. The van der Waals surface area contributed by atoms with Crippen molar-refractivity contribution in [1.82, 2.24) is 9.55 Å². The average Bonchev–Trinajstić information content (AvgIpc) is 2.73. The van der Waals surface area contributed by atoms with Gasteiger partial charge in [-0.25, -0.2) is 9.18 Å². The Morgan fingerprint density at radius 1 is 1.65 bits per heavy atom. The Bertz CT molecular complexity index is 537. The summed E-state index contributed by atoms with van der Waals surface area (Å²) in [6.45, 7) is -0.829. The Hall–Kier alpha value is -1.84. The van der Waals surface area contributed by atoms with Gasteiger partial charge in [-0.1, -0.05) is 0 Å². The summed E-state index contributed by atoms with van der Waals surface area (Å²) >= 11 is 0. The second-order valence-electron chi connectivity index (χ2n) is 4.20. The van der Waals surface area contributed by atoms with Gasteiger partial charge in [-0.2, -0.15) is 4.98 Å². The SMILES string of the molecule is Nc1ccn(C2OC(CO)C(OCC=O)C2F)c(=O)n1. The van der Waals surface area contributed by atoms with E-state index in [-0.39, 0.29) is 12.4 Å². The van der Waals surface area contributed by atoms with Crippen molar-refractivity contribution in [3.05, 3.63) is 22.7 Å². The second kappa shape index (κ2) is 6.07. The molecule has 0 spiro atoms. The van der Waals surface area contributed by atoms with Crippen LogP contribution < -0.4 is 11.4 Å². The van der Waals surface area contributed by atoms with Gasteiger partial charge in [0.05, 0.1) is 6.61 Å². The highest BCUT2D eigenvalue weighted by molar-refractivity contribution is 5.50. The van der Waals surface area contributed by atoms with Crippen molar-refractivity contribution < 1.29 is 23.8 Å². The molecule has 20 heavy (non-hydrogen) atoms. The zero-order valence-electron chi connectivity index (χ0n) is 10.4. The molecule has 0 aliphatic carbocycles. The third-order valence-corrected chi connectivity index (χ3v) is 2.93. The van der Waals surface area contributed by atoms with Gasteiger partial charge in [0.25, 0.3) is 0 Å². The first kappa shape index (κ1) is 14.6. The standard InChI is InChI=1S/C11H14FN3O5/c12-8-9(19-4-3-16)6(5-17)20-10(8)15-2-1-7(13)14-11(15)18/h1-3,6,8-10,17H,4-5H2,(H2,13,14,18). The van der Waals surface area contributed by atoms with Crippen LogP contribution in [0.15, 0.2) is 17.1 Å². The summed E-state index contributed by atoms with van der Waals surface area (Å²) in [5.74, 6) is 0.00659. The number of aliphatic hydroxyl groups is 1. The molecular weight excluding hydrogens is 273 g/mol. The largest absolute Gasteiger partial charge is 0.394 e. The fourth-order valence-corrected chi connectivity index (χ4v) is 2.03. The number of carbonyl (C=O) groups excluding carboxylic acids is 1. The maximum absolute atomic E-state index is 14.3. The van der Waals surface area contributed by atoms with Crippen LogP contribution in [-0.2, 0) is 14.3 Å². The molecule has 2 heterocycles. The van der Waals surface area contributed by atoms with E-state index in [1.165, 1.54) is 12.3 Å². The molecule has 0 radical (unpaired) electrons. The van der Waals surface area contributed by atoms with Gasteiger partial charge in [0, 0.05) is 6.20 Å². The summed E-state index contributed by atoms with van der Waals surface area (Å²) in [5, 5.41) is 9.15. The quantitative estimate of drug-likeness (QED) is 0.642.